The van der Waals surface area contributed by atoms with E-state index in [0.717, 1.165) is 11.0 Å². The van der Waals surface area contributed by atoms with Crippen LogP contribution in [0.4, 0.5) is 10.1 Å². The van der Waals surface area contributed by atoms with Crippen LogP contribution < -0.4 is 10.5 Å². The number of nitrogens with one attached hydrogen (secondary N) is 1. The fourth-order valence-corrected chi connectivity index (χ4v) is 3.58. The number of nitrogen functional groups attached to an aromatic ring is 1. The van der Waals surface area contributed by atoms with E-state index in [1.165, 1.54) is 12.1 Å². The van der Waals surface area contributed by atoms with E-state index in [2.05, 4.69) is 4.72 Å². The van der Waals surface area contributed by atoms with Crippen LogP contribution in [0.15, 0.2) is 58.3 Å². The van der Waals surface area contributed by atoms with Crippen LogP contribution in [0.3, 0.4) is 0 Å². The summed E-state index contributed by atoms with van der Waals surface area (Å²) in [5, 5.41) is 0. The molecule has 0 heterocycles. The smallest absolute Gasteiger partial charge is 0.240 e. The molecular weight excluding hydrogens is 311 g/mol. The molecule has 2 rings (SSSR count). The van der Waals surface area contributed by atoms with Crippen molar-refractivity contribution in [2.45, 2.75) is 9.79 Å². The summed E-state index contributed by atoms with van der Waals surface area (Å²) in [7, 11) is -3.71. The van der Waals surface area contributed by atoms with Crippen molar-refractivity contribution >= 4 is 27.5 Å². The van der Waals surface area contributed by atoms with Crippen molar-refractivity contribution in [3.63, 3.8) is 0 Å². The van der Waals surface area contributed by atoms with Gasteiger partial charge >= 0.3 is 0 Å². The van der Waals surface area contributed by atoms with Gasteiger partial charge in [-0.05, 0) is 30.3 Å². The van der Waals surface area contributed by atoms with E-state index in [4.69, 9.17) is 5.73 Å². The van der Waals surface area contributed by atoms with E-state index < -0.39 is 15.8 Å². The van der Waals surface area contributed by atoms with Gasteiger partial charge in [-0.2, -0.15) is 0 Å². The maximum Gasteiger partial charge on any atom is 0.240 e. The first-order valence-electron chi connectivity index (χ1n) is 6.21. The van der Waals surface area contributed by atoms with Gasteiger partial charge in [-0.25, -0.2) is 17.5 Å². The number of hydrogen-bond acceptors (Lipinski definition) is 4. The average Bonchev–Trinajstić information content (AvgIpc) is 2.47. The van der Waals surface area contributed by atoms with Crippen LogP contribution in [0.25, 0.3) is 0 Å². The maximum absolute atomic E-state index is 13.3. The molecule has 2 aromatic carbocycles. The third-order valence-corrected chi connectivity index (χ3v) is 5.16. The maximum atomic E-state index is 13.3. The molecule has 0 aliphatic rings. The minimum atomic E-state index is -3.71. The van der Waals surface area contributed by atoms with Crippen molar-refractivity contribution in [3.05, 3.63) is 54.3 Å². The predicted octanol–water partition coefficient (Wildman–Crippen LogP) is 2.48. The Morgan fingerprint density at radius 3 is 2.52 bits per heavy atom. The van der Waals surface area contributed by atoms with Gasteiger partial charge in [0.15, 0.2) is 0 Å². The molecule has 0 aliphatic heterocycles. The number of sulfonamides is 1. The van der Waals surface area contributed by atoms with Crippen LogP contribution in [0.5, 0.6) is 0 Å². The van der Waals surface area contributed by atoms with Gasteiger partial charge in [-0.1, -0.05) is 18.2 Å². The number of hydrogen-bond donors (Lipinski definition) is 2. The van der Waals surface area contributed by atoms with E-state index in [1.807, 2.05) is 30.3 Å². The highest BCUT2D eigenvalue weighted by molar-refractivity contribution is 7.99. The molecule has 112 valence electrons. The second-order valence-corrected chi connectivity index (χ2v) is 7.18. The number of thioether (sulfide) groups is 1. The number of nitrogens with two attached hydrogens (primary N) is 1. The molecule has 0 bridgehead atoms. The van der Waals surface area contributed by atoms with Gasteiger partial charge in [-0.15, -0.1) is 11.8 Å². The molecule has 0 radical (unpaired) electrons. The van der Waals surface area contributed by atoms with Crippen LogP contribution >= 0.6 is 11.8 Å². The zero-order chi connectivity index (χ0) is 15.3. The van der Waals surface area contributed by atoms with Gasteiger partial charge in [0.2, 0.25) is 10.0 Å². The van der Waals surface area contributed by atoms with Crippen LogP contribution in [0, 0.1) is 5.82 Å². The Hall–Kier alpha value is -1.57. The SMILES string of the molecule is Nc1ccc(S(=O)(=O)NCCSc2ccccc2)cc1F. The molecule has 3 N–H and O–H groups in total. The number of benzene rings is 2. The summed E-state index contributed by atoms with van der Waals surface area (Å²) in [5.41, 5.74) is 5.25. The lowest BCUT2D eigenvalue weighted by Crippen LogP contribution is -2.26. The van der Waals surface area contributed by atoms with Crippen molar-refractivity contribution in [3.8, 4) is 0 Å². The van der Waals surface area contributed by atoms with Crippen LogP contribution in [-0.2, 0) is 10.0 Å². The molecule has 0 aliphatic carbocycles. The first kappa shape index (κ1) is 15.8. The molecular formula is C14H15FN2O2S2. The zero-order valence-electron chi connectivity index (χ0n) is 11.1. The van der Waals surface area contributed by atoms with Gasteiger partial charge in [0, 0.05) is 17.2 Å². The van der Waals surface area contributed by atoms with Gasteiger partial charge in [0.25, 0.3) is 0 Å². The van der Waals surface area contributed by atoms with Crippen molar-refractivity contribution in [1.29, 1.82) is 0 Å². The van der Waals surface area contributed by atoms with Gasteiger partial charge in [0.05, 0.1) is 10.6 Å². The third kappa shape index (κ3) is 4.45. The van der Waals surface area contributed by atoms with Gasteiger partial charge in [-0.3, -0.25) is 0 Å². The summed E-state index contributed by atoms with van der Waals surface area (Å²) >= 11 is 1.54. The molecule has 2 aromatic rings. The first-order chi connectivity index (χ1) is 9.99. The Labute approximate surface area is 127 Å². The van der Waals surface area contributed by atoms with E-state index >= 15 is 0 Å². The largest absolute Gasteiger partial charge is 0.396 e. The second kappa shape index (κ2) is 6.93. The van der Waals surface area contributed by atoms with Crippen molar-refractivity contribution in [1.82, 2.24) is 4.72 Å². The highest BCUT2D eigenvalue weighted by Crippen LogP contribution is 2.18. The highest BCUT2D eigenvalue weighted by Gasteiger charge is 2.15. The molecule has 7 heteroatoms. The predicted molar refractivity (Wildman–Crippen MR) is 83.2 cm³/mol. The van der Waals surface area contributed by atoms with Crippen molar-refractivity contribution in [2.24, 2.45) is 0 Å². The number of rotatable bonds is 6. The van der Waals surface area contributed by atoms with Crippen LogP contribution in [0.1, 0.15) is 0 Å². The van der Waals surface area contributed by atoms with Crippen LogP contribution in [-0.4, -0.2) is 20.7 Å². The molecule has 0 amide bonds. The lowest BCUT2D eigenvalue weighted by molar-refractivity contribution is 0.580. The Morgan fingerprint density at radius 1 is 1.14 bits per heavy atom. The molecule has 0 spiro atoms. The summed E-state index contributed by atoms with van der Waals surface area (Å²) < 4.78 is 39.7. The molecule has 0 fully saturated rings. The minimum absolute atomic E-state index is 0.0754. The van der Waals surface area contributed by atoms with Gasteiger partial charge in [0.1, 0.15) is 5.82 Å². The molecule has 0 unspecified atom stereocenters. The highest BCUT2D eigenvalue weighted by atomic mass is 32.2. The van der Waals surface area contributed by atoms with E-state index in [9.17, 15) is 12.8 Å². The third-order valence-electron chi connectivity index (χ3n) is 2.69. The summed E-state index contributed by atoms with van der Waals surface area (Å²) in [4.78, 5) is 0.939. The van der Waals surface area contributed by atoms with Crippen molar-refractivity contribution < 1.29 is 12.8 Å². The molecule has 21 heavy (non-hydrogen) atoms. The minimum Gasteiger partial charge on any atom is -0.396 e. The average molecular weight is 326 g/mol. The number of halogens is 1. The normalized spacial score (nSPS) is 11.5. The summed E-state index contributed by atoms with van der Waals surface area (Å²) in [6.45, 7) is 0.258. The number of anilines is 1. The lowest BCUT2D eigenvalue weighted by atomic mass is 10.3. The lowest BCUT2D eigenvalue weighted by Gasteiger charge is -2.07. The van der Waals surface area contributed by atoms with E-state index in [0.29, 0.717) is 5.75 Å². The molecule has 0 aromatic heterocycles. The van der Waals surface area contributed by atoms with Crippen LogP contribution in [0.2, 0.25) is 0 Å². The van der Waals surface area contributed by atoms with E-state index in [-0.39, 0.29) is 17.1 Å². The second-order valence-electron chi connectivity index (χ2n) is 4.24. The van der Waals surface area contributed by atoms with Gasteiger partial charge < -0.3 is 5.73 Å². The van der Waals surface area contributed by atoms with E-state index in [1.54, 1.807) is 11.8 Å². The Kier molecular flexibility index (Phi) is 5.22. The fourth-order valence-electron chi connectivity index (χ4n) is 1.62. The molecule has 0 atom stereocenters. The molecule has 0 saturated heterocycles. The fraction of sp³-hybridized carbons (Fsp3) is 0.143. The topological polar surface area (TPSA) is 72.2 Å². The zero-order valence-corrected chi connectivity index (χ0v) is 12.8. The summed E-state index contributed by atoms with van der Waals surface area (Å²) in [6.07, 6.45) is 0. The molecule has 4 nitrogen and oxygen atoms in total. The standard InChI is InChI=1S/C14H15FN2O2S2/c15-13-10-12(6-7-14(13)16)21(18,19)17-8-9-20-11-4-2-1-3-5-11/h1-7,10,17H,8-9,16H2. The summed E-state index contributed by atoms with van der Waals surface area (Å²) in [5.74, 6) is -0.155. The van der Waals surface area contributed by atoms with Crippen molar-refractivity contribution in [2.75, 3.05) is 18.0 Å². The Morgan fingerprint density at radius 2 is 1.86 bits per heavy atom. The quantitative estimate of drug-likeness (QED) is 0.486. The summed E-state index contributed by atoms with van der Waals surface area (Å²) in [6, 6.07) is 13.1. The Balaban J connectivity index is 1.91. The Bertz CT molecular complexity index is 706. The first-order valence-corrected chi connectivity index (χ1v) is 8.68. The molecule has 0 saturated carbocycles. The monoisotopic (exact) mass is 326 g/mol.